The number of carbonyl (C=O) groups is 1. The molecule has 2 aliphatic rings. The minimum Gasteiger partial charge on any atom is -0.486 e. The van der Waals surface area contributed by atoms with Gasteiger partial charge in [-0.3, -0.25) is 4.79 Å². The average molecular weight is 386 g/mol. The summed E-state index contributed by atoms with van der Waals surface area (Å²) in [5.74, 6) is 1.18. The summed E-state index contributed by atoms with van der Waals surface area (Å²) >= 11 is 1.57. The first-order valence-electron chi connectivity index (χ1n) is 9.06. The van der Waals surface area contributed by atoms with Gasteiger partial charge in [-0.1, -0.05) is 30.0 Å². The van der Waals surface area contributed by atoms with Crippen LogP contribution in [0.1, 0.15) is 12.8 Å². The summed E-state index contributed by atoms with van der Waals surface area (Å²) in [6.45, 7) is 1.45. The van der Waals surface area contributed by atoms with E-state index in [1.54, 1.807) is 11.8 Å². The number of hydrogen-bond donors (Lipinski definition) is 2. The molecule has 2 atom stereocenters. The minimum atomic E-state index is -0.471. The first-order valence-corrected chi connectivity index (χ1v) is 9.87. The van der Waals surface area contributed by atoms with Crippen molar-refractivity contribution in [2.45, 2.75) is 34.8 Å². The van der Waals surface area contributed by atoms with Gasteiger partial charge in [-0.25, -0.2) is 0 Å². The maximum Gasteiger partial charge on any atom is 0.253 e. The lowest BCUT2D eigenvalue weighted by Crippen LogP contribution is -2.30. The molecule has 2 heterocycles. The van der Waals surface area contributed by atoms with Crippen LogP contribution in [0.25, 0.3) is 0 Å². The predicted molar refractivity (Wildman–Crippen MR) is 104 cm³/mol. The highest BCUT2D eigenvalue weighted by atomic mass is 32.2. The van der Waals surface area contributed by atoms with Crippen LogP contribution in [-0.2, 0) is 9.53 Å². The number of amides is 1. The molecule has 6 nitrogen and oxygen atoms in total. The lowest BCUT2D eigenvalue weighted by atomic mass is 10.2. The number of carbonyl (C=O) groups excluding carboxylic acids is 1. The molecule has 0 aromatic heterocycles. The van der Waals surface area contributed by atoms with Crippen molar-refractivity contribution in [2.24, 2.45) is 5.73 Å². The van der Waals surface area contributed by atoms with Crippen molar-refractivity contribution in [1.29, 1.82) is 0 Å². The van der Waals surface area contributed by atoms with E-state index < -0.39 is 6.10 Å². The number of benzene rings is 2. The summed E-state index contributed by atoms with van der Waals surface area (Å²) < 4.78 is 17.1. The molecule has 142 valence electrons. The van der Waals surface area contributed by atoms with Gasteiger partial charge in [-0.2, -0.15) is 0 Å². The fraction of sp³-hybridized carbons (Fsp3) is 0.350. The topological polar surface area (TPSA) is 82.8 Å². The van der Waals surface area contributed by atoms with E-state index in [1.807, 2.05) is 42.5 Å². The van der Waals surface area contributed by atoms with Crippen LogP contribution in [0, 0.1) is 0 Å². The molecule has 1 amide bonds. The zero-order valence-electron chi connectivity index (χ0n) is 14.9. The van der Waals surface area contributed by atoms with Crippen LogP contribution in [0.15, 0.2) is 52.3 Å². The Morgan fingerprint density at radius 2 is 1.85 bits per heavy atom. The summed E-state index contributed by atoms with van der Waals surface area (Å²) in [7, 11) is 0. The van der Waals surface area contributed by atoms with E-state index in [0.29, 0.717) is 43.4 Å². The van der Waals surface area contributed by atoms with Crippen LogP contribution >= 0.6 is 11.8 Å². The predicted octanol–water partition coefficient (Wildman–Crippen LogP) is 3.05. The van der Waals surface area contributed by atoms with Crippen molar-refractivity contribution in [1.82, 2.24) is 0 Å². The van der Waals surface area contributed by atoms with Crippen LogP contribution in [0.5, 0.6) is 11.5 Å². The van der Waals surface area contributed by atoms with Gasteiger partial charge in [0.25, 0.3) is 5.91 Å². The molecule has 0 aliphatic carbocycles. The molecule has 0 radical (unpaired) electrons. The van der Waals surface area contributed by atoms with Crippen molar-refractivity contribution in [2.75, 3.05) is 25.1 Å². The molecule has 1 saturated heterocycles. The van der Waals surface area contributed by atoms with Crippen molar-refractivity contribution in [3.8, 4) is 11.5 Å². The molecule has 1 fully saturated rings. The third kappa shape index (κ3) is 4.21. The van der Waals surface area contributed by atoms with Gasteiger partial charge in [-0.15, -0.1) is 0 Å². The van der Waals surface area contributed by atoms with Gasteiger partial charge in [0.1, 0.15) is 19.3 Å². The van der Waals surface area contributed by atoms with Crippen LogP contribution in [-0.4, -0.2) is 37.9 Å². The Kier molecular flexibility index (Phi) is 5.52. The Bertz CT molecular complexity index is 815. The number of ether oxygens (including phenoxy) is 3. The second-order valence-corrected chi connectivity index (χ2v) is 7.57. The molecular weight excluding hydrogens is 364 g/mol. The van der Waals surface area contributed by atoms with Gasteiger partial charge in [0.2, 0.25) is 0 Å². The van der Waals surface area contributed by atoms with E-state index in [4.69, 9.17) is 19.9 Å². The van der Waals surface area contributed by atoms with E-state index in [2.05, 4.69) is 5.32 Å². The highest BCUT2D eigenvalue weighted by Gasteiger charge is 2.30. The number of rotatable bonds is 5. The fourth-order valence-corrected chi connectivity index (χ4v) is 4.09. The first kappa shape index (κ1) is 18.2. The van der Waals surface area contributed by atoms with E-state index >= 15 is 0 Å². The average Bonchev–Trinajstić information content (AvgIpc) is 3.19. The van der Waals surface area contributed by atoms with E-state index in [1.165, 1.54) is 0 Å². The van der Waals surface area contributed by atoms with Gasteiger partial charge in [-0.05, 0) is 25.0 Å². The molecule has 7 heteroatoms. The molecular formula is C20H22N2O4S. The van der Waals surface area contributed by atoms with Crippen LogP contribution < -0.4 is 20.5 Å². The Morgan fingerprint density at radius 1 is 1.11 bits per heavy atom. The molecule has 0 unspecified atom stereocenters. The van der Waals surface area contributed by atoms with Gasteiger partial charge >= 0.3 is 0 Å². The monoisotopic (exact) mass is 386 g/mol. The van der Waals surface area contributed by atoms with Crippen LogP contribution in [0.3, 0.4) is 0 Å². The number of nitrogens with one attached hydrogen (secondary N) is 1. The number of anilines is 1. The Balaban J connectivity index is 1.58. The van der Waals surface area contributed by atoms with Gasteiger partial charge < -0.3 is 25.3 Å². The second kappa shape index (κ2) is 8.21. The van der Waals surface area contributed by atoms with Gasteiger partial charge in [0.05, 0.1) is 11.8 Å². The maximum atomic E-state index is 12.7. The molecule has 27 heavy (non-hydrogen) atoms. The third-order valence-corrected chi connectivity index (χ3v) is 5.60. The molecule has 0 spiro atoms. The standard InChI is InChI=1S/C20H22N2O4S/c21-12-13-6-7-16(26-13)20(23)22-15-10-17-18(25-9-8-24-17)11-19(15)27-14-4-2-1-3-5-14/h1-5,10-11,13,16H,6-9,12,21H2,(H,22,23)/t13-,16+/m1/s1. The third-order valence-electron chi connectivity index (χ3n) is 4.54. The highest BCUT2D eigenvalue weighted by molar-refractivity contribution is 7.99. The fourth-order valence-electron chi connectivity index (χ4n) is 3.15. The maximum absolute atomic E-state index is 12.7. The van der Waals surface area contributed by atoms with E-state index in [0.717, 1.165) is 16.2 Å². The molecule has 0 saturated carbocycles. The molecule has 0 bridgehead atoms. The second-order valence-electron chi connectivity index (χ2n) is 6.46. The molecule has 4 rings (SSSR count). The van der Waals surface area contributed by atoms with Crippen molar-refractivity contribution < 1.29 is 19.0 Å². The van der Waals surface area contributed by atoms with E-state index in [9.17, 15) is 4.79 Å². The first-order chi connectivity index (χ1) is 13.2. The van der Waals surface area contributed by atoms with E-state index in [-0.39, 0.29) is 12.0 Å². The smallest absolute Gasteiger partial charge is 0.253 e. The molecule has 2 aromatic rings. The number of hydrogen-bond acceptors (Lipinski definition) is 6. The summed E-state index contributed by atoms with van der Waals surface area (Å²) in [6, 6.07) is 13.7. The van der Waals surface area contributed by atoms with Crippen molar-refractivity contribution in [3.05, 3.63) is 42.5 Å². The number of fused-ring (bicyclic) bond motifs is 1. The quantitative estimate of drug-likeness (QED) is 0.822. The van der Waals surface area contributed by atoms with Crippen molar-refractivity contribution in [3.63, 3.8) is 0 Å². The SMILES string of the molecule is NC[C@H]1CC[C@@H](C(=O)Nc2cc3c(cc2Sc2ccccc2)OCCO3)O1. The Morgan fingerprint density at radius 3 is 2.56 bits per heavy atom. The Hall–Kier alpha value is -2.22. The molecule has 3 N–H and O–H groups in total. The summed E-state index contributed by atoms with van der Waals surface area (Å²) in [6.07, 6.45) is 0.973. The van der Waals surface area contributed by atoms with Crippen LogP contribution in [0.2, 0.25) is 0 Å². The zero-order chi connectivity index (χ0) is 18.6. The Labute approximate surface area is 162 Å². The lowest BCUT2D eigenvalue weighted by molar-refractivity contribution is -0.126. The van der Waals surface area contributed by atoms with Gasteiger partial charge in [0, 0.05) is 28.5 Å². The summed E-state index contributed by atoms with van der Waals surface area (Å²) in [5.41, 5.74) is 6.34. The summed E-state index contributed by atoms with van der Waals surface area (Å²) in [5, 5.41) is 3.01. The van der Waals surface area contributed by atoms with Crippen LogP contribution in [0.4, 0.5) is 5.69 Å². The summed E-state index contributed by atoms with van der Waals surface area (Å²) in [4.78, 5) is 14.7. The van der Waals surface area contributed by atoms with Gasteiger partial charge in [0.15, 0.2) is 11.5 Å². The minimum absolute atomic E-state index is 0.0424. The highest BCUT2D eigenvalue weighted by Crippen LogP contribution is 2.42. The zero-order valence-corrected chi connectivity index (χ0v) is 15.7. The lowest BCUT2D eigenvalue weighted by Gasteiger charge is -2.22. The largest absolute Gasteiger partial charge is 0.486 e. The normalized spacial score (nSPS) is 21.1. The molecule has 2 aromatic carbocycles. The van der Waals surface area contributed by atoms with Crippen molar-refractivity contribution >= 4 is 23.4 Å². The molecule has 2 aliphatic heterocycles. The number of nitrogens with two attached hydrogens (primary N) is 1.